The molecule has 0 saturated heterocycles. The highest BCUT2D eigenvalue weighted by Gasteiger charge is 2.33. The quantitative estimate of drug-likeness (QED) is 0.0182. The van der Waals surface area contributed by atoms with Crippen LogP contribution >= 0.6 is 0 Å². The zero-order valence-corrected chi connectivity index (χ0v) is 46.6. The average molecular weight is 1100 g/mol. The van der Waals surface area contributed by atoms with Crippen LogP contribution in [-0.2, 0) is 22.7 Å². The minimum absolute atomic E-state index is 0.127. The Hall–Kier alpha value is -6.98. The molecule has 6 aromatic rings. The maximum Gasteiger partial charge on any atom is 0.305 e. The van der Waals surface area contributed by atoms with E-state index in [9.17, 15) is 48.4 Å². The van der Waals surface area contributed by atoms with Crippen LogP contribution in [0.15, 0.2) is 109 Å². The number of aliphatic hydroxyl groups excluding tert-OH is 4. The summed E-state index contributed by atoms with van der Waals surface area (Å²) in [5, 5.41) is 67.1. The number of amides is 2. The van der Waals surface area contributed by atoms with Gasteiger partial charge in [-0.05, 0) is 121 Å². The molecule has 0 spiro atoms. The Balaban J connectivity index is 1.06. The van der Waals surface area contributed by atoms with Gasteiger partial charge < -0.3 is 50.4 Å². The molecule has 0 fully saturated rings. The number of aromatic nitrogens is 2. The van der Waals surface area contributed by atoms with Gasteiger partial charge in [-0.3, -0.25) is 19.2 Å². The van der Waals surface area contributed by atoms with E-state index in [1.807, 2.05) is 97.5 Å². The second-order valence-corrected chi connectivity index (χ2v) is 21.5. The highest BCUT2D eigenvalue weighted by molar-refractivity contribution is 6.07. The average Bonchev–Trinajstić information content (AvgIpc) is 3.98. The van der Waals surface area contributed by atoms with Gasteiger partial charge in [0.1, 0.15) is 11.6 Å². The largest absolute Gasteiger partial charge is 0.481 e. The Morgan fingerprint density at radius 1 is 0.450 bits per heavy atom. The van der Waals surface area contributed by atoms with Gasteiger partial charge in [-0.1, -0.05) is 127 Å². The zero-order valence-electron chi connectivity index (χ0n) is 46.6. The third-order valence-corrected chi connectivity index (χ3v) is 14.5. The summed E-state index contributed by atoms with van der Waals surface area (Å²) in [4.78, 5) is 51.4. The number of hydrogen-bond acceptors (Lipinski definition) is 8. The maximum atomic E-state index is 14.5. The van der Waals surface area contributed by atoms with Crippen LogP contribution in [0.25, 0.3) is 44.8 Å². The van der Waals surface area contributed by atoms with Crippen LogP contribution in [0.2, 0.25) is 0 Å². The molecular formula is C64H80F2N4O10. The third-order valence-electron chi connectivity index (χ3n) is 14.5. The molecule has 6 rings (SSSR count). The summed E-state index contributed by atoms with van der Waals surface area (Å²) in [6.07, 6.45) is 1.90. The van der Waals surface area contributed by atoms with E-state index in [0.717, 1.165) is 73.9 Å². The van der Waals surface area contributed by atoms with Crippen molar-refractivity contribution < 1.29 is 58.6 Å². The molecule has 0 aliphatic heterocycles. The van der Waals surface area contributed by atoms with Crippen LogP contribution in [0, 0.1) is 11.6 Å². The number of carboxylic acids is 2. The zero-order chi connectivity index (χ0) is 57.9. The molecule has 2 amide bonds. The Bertz CT molecular complexity index is 2740. The monoisotopic (exact) mass is 1100 g/mol. The first-order valence-electron chi connectivity index (χ1n) is 28.2. The van der Waals surface area contributed by atoms with Gasteiger partial charge in [-0.2, -0.15) is 0 Å². The summed E-state index contributed by atoms with van der Waals surface area (Å²) in [7, 11) is 0. The van der Waals surface area contributed by atoms with Gasteiger partial charge in [-0.25, -0.2) is 8.78 Å². The maximum absolute atomic E-state index is 14.5. The van der Waals surface area contributed by atoms with Crippen molar-refractivity contribution in [3.63, 3.8) is 0 Å². The fraction of sp³-hybridized carbons (Fsp3) is 0.438. The van der Waals surface area contributed by atoms with E-state index >= 15 is 0 Å². The standard InChI is InChI=1S/C64H80F2N4O10/c1-41(2)59-57(55(43-19-13-11-14-20-43)61(45-23-27-47(65)28-24-45)69(59)35-31-49(71)37-51(73)39-53(75)76)63(79)67-33-17-9-7-5-6-8-10-18-34-68-64(80)58-56(44-21-15-12-16-22-44)62(46-25-29-48(66)30-26-46)70(60(58)42(3)4)36-32-50(72)38-52(74)40-54(77)78/h11-16,19-30,41-42,49-52,71-74H,5-10,17-18,31-40H2,1-4H3,(H,67,79)(H,68,80)(H,75,76)(H,77,78)/t49-,50-,51-,52-/m1/s1. The van der Waals surface area contributed by atoms with Crippen LogP contribution in [0.4, 0.5) is 8.78 Å². The van der Waals surface area contributed by atoms with Crippen LogP contribution in [0.5, 0.6) is 0 Å². The van der Waals surface area contributed by atoms with Gasteiger partial charge in [0.25, 0.3) is 11.8 Å². The lowest BCUT2D eigenvalue weighted by Gasteiger charge is -2.20. The van der Waals surface area contributed by atoms with Crippen LogP contribution in [0.1, 0.15) is 162 Å². The second-order valence-electron chi connectivity index (χ2n) is 21.5. The molecule has 0 radical (unpaired) electrons. The smallest absolute Gasteiger partial charge is 0.305 e. The van der Waals surface area contributed by atoms with Crippen LogP contribution in [0.3, 0.4) is 0 Å². The molecule has 430 valence electrons. The second kappa shape index (κ2) is 30.6. The fourth-order valence-corrected chi connectivity index (χ4v) is 10.9. The van der Waals surface area contributed by atoms with E-state index in [4.69, 9.17) is 10.2 Å². The lowest BCUT2D eigenvalue weighted by atomic mass is 9.94. The number of carboxylic acid groups (broad SMARTS) is 2. The molecule has 8 N–H and O–H groups in total. The van der Waals surface area contributed by atoms with E-state index in [-0.39, 0.29) is 62.4 Å². The lowest BCUT2D eigenvalue weighted by Crippen LogP contribution is -2.26. The molecule has 2 heterocycles. The fourth-order valence-electron chi connectivity index (χ4n) is 10.9. The number of carbonyl (C=O) groups is 4. The van der Waals surface area contributed by atoms with Gasteiger partial charge in [0.15, 0.2) is 0 Å². The number of unbranched alkanes of at least 4 members (excludes halogenated alkanes) is 7. The topological polar surface area (TPSA) is 224 Å². The van der Waals surface area contributed by atoms with Crippen molar-refractivity contribution in [3.8, 4) is 44.8 Å². The van der Waals surface area contributed by atoms with Crippen molar-refractivity contribution in [1.29, 1.82) is 0 Å². The summed E-state index contributed by atoms with van der Waals surface area (Å²) in [5.74, 6) is -3.94. The molecule has 4 aromatic carbocycles. The summed E-state index contributed by atoms with van der Waals surface area (Å²) in [6.45, 7) is 9.36. The van der Waals surface area contributed by atoms with E-state index in [1.165, 1.54) is 24.3 Å². The SMILES string of the molecule is CC(C)c1c(C(=O)NCCCCCCCCCCNC(=O)c2c(-c3ccccc3)c(-c3ccc(F)cc3)n(CC[C@@H](O)C[C@@H](O)CC(=O)O)c2C(C)C)c(-c2ccccc2)c(-c2ccc(F)cc2)n1CC[C@@H](O)C[C@@H](O)CC(=O)O. The lowest BCUT2D eigenvalue weighted by molar-refractivity contribution is -0.140. The number of aliphatic hydroxyl groups is 4. The Morgan fingerprint density at radius 2 is 0.775 bits per heavy atom. The molecule has 16 heteroatoms. The molecule has 0 aliphatic carbocycles. The first-order chi connectivity index (χ1) is 38.4. The number of aliphatic carboxylic acids is 2. The predicted molar refractivity (Wildman–Crippen MR) is 307 cm³/mol. The molecule has 2 aromatic heterocycles. The number of nitrogens with zero attached hydrogens (tertiary/aromatic N) is 2. The normalized spacial score (nSPS) is 13.1. The van der Waals surface area contributed by atoms with Gasteiger partial charge in [0.2, 0.25) is 0 Å². The molecule has 4 atom stereocenters. The van der Waals surface area contributed by atoms with E-state index < -0.39 is 60.8 Å². The summed E-state index contributed by atoms with van der Waals surface area (Å²) < 4.78 is 32.7. The number of nitrogens with one attached hydrogen (secondary N) is 2. The van der Waals surface area contributed by atoms with Gasteiger partial charge >= 0.3 is 11.9 Å². The number of rotatable bonds is 33. The number of halogens is 2. The van der Waals surface area contributed by atoms with Crippen LogP contribution < -0.4 is 10.6 Å². The molecule has 14 nitrogen and oxygen atoms in total. The van der Waals surface area contributed by atoms with Crippen LogP contribution in [-0.4, -0.2) is 101 Å². The first kappa shape index (κ1) is 62.2. The highest BCUT2D eigenvalue weighted by Crippen LogP contribution is 2.44. The minimum Gasteiger partial charge on any atom is -0.481 e. The summed E-state index contributed by atoms with van der Waals surface area (Å²) in [6, 6.07) is 31.3. The van der Waals surface area contributed by atoms with Crippen molar-refractivity contribution in [2.24, 2.45) is 0 Å². The number of carbonyl (C=O) groups excluding carboxylic acids is 2. The molecule has 0 saturated carbocycles. The first-order valence-corrected chi connectivity index (χ1v) is 28.2. The van der Waals surface area contributed by atoms with Crippen molar-refractivity contribution in [1.82, 2.24) is 19.8 Å². The summed E-state index contributed by atoms with van der Waals surface area (Å²) >= 11 is 0. The van der Waals surface area contributed by atoms with Gasteiger partial charge in [0, 0.05) is 48.7 Å². The molecule has 0 aliphatic rings. The minimum atomic E-state index is -1.22. The number of hydrogen-bond donors (Lipinski definition) is 8. The molecule has 0 unspecified atom stereocenters. The Kier molecular flexibility index (Phi) is 23.8. The molecule has 80 heavy (non-hydrogen) atoms. The van der Waals surface area contributed by atoms with E-state index in [0.29, 0.717) is 57.9 Å². The predicted octanol–water partition coefficient (Wildman–Crippen LogP) is 11.7. The van der Waals surface area contributed by atoms with Crippen molar-refractivity contribution in [3.05, 3.63) is 143 Å². The van der Waals surface area contributed by atoms with Crippen molar-refractivity contribution in [2.75, 3.05) is 13.1 Å². The van der Waals surface area contributed by atoms with E-state index in [2.05, 4.69) is 10.6 Å². The number of benzene rings is 4. The van der Waals surface area contributed by atoms with Gasteiger partial charge in [-0.15, -0.1) is 0 Å². The van der Waals surface area contributed by atoms with Crippen molar-refractivity contribution in [2.45, 2.75) is 167 Å². The van der Waals surface area contributed by atoms with Gasteiger partial charge in [0.05, 0.1) is 59.8 Å². The van der Waals surface area contributed by atoms with E-state index in [1.54, 1.807) is 24.3 Å². The molecular weight excluding hydrogens is 1020 g/mol. The third kappa shape index (κ3) is 17.3. The van der Waals surface area contributed by atoms with Crippen molar-refractivity contribution >= 4 is 23.8 Å². The Labute approximate surface area is 468 Å². The highest BCUT2D eigenvalue weighted by atomic mass is 19.1. The molecule has 0 bridgehead atoms. The summed E-state index contributed by atoms with van der Waals surface area (Å²) in [5.41, 5.74) is 8.17. The Morgan fingerprint density at radius 3 is 1.09 bits per heavy atom.